The molecule has 0 aliphatic carbocycles. The lowest BCUT2D eigenvalue weighted by molar-refractivity contribution is 0.0390. The molecule has 0 aromatic heterocycles. The summed E-state index contributed by atoms with van der Waals surface area (Å²) in [6.07, 6.45) is 0. The Morgan fingerprint density at radius 3 is 2.62 bits per heavy atom. The number of sulfonamides is 1. The van der Waals surface area contributed by atoms with Crippen LogP contribution in [-0.2, 0) is 14.8 Å². The summed E-state index contributed by atoms with van der Waals surface area (Å²) in [6, 6.07) is 3.47. The fourth-order valence-corrected chi connectivity index (χ4v) is 4.01. The van der Waals surface area contributed by atoms with Gasteiger partial charge in [0, 0.05) is 31.9 Å². The highest BCUT2D eigenvalue weighted by atomic mass is 32.2. The Labute approximate surface area is 126 Å². The number of nitrogens with two attached hydrogens (primary N) is 1. The second kappa shape index (κ2) is 6.74. The van der Waals surface area contributed by atoms with Crippen molar-refractivity contribution in [1.82, 2.24) is 9.62 Å². The van der Waals surface area contributed by atoms with Crippen molar-refractivity contribution in [3.63, 3.8) is 0 Å². The first-order chi connectivity index (χ1) is 9.92. The Hall–Kier alpha value is -1.15. The minimum Gasteiger partial charge on any atom is -0.398 e. The predicted molar refractivity (Wildman–Crippen MR) is 82.8 cm³/mol. The lowest BCUT2D eigenvalue weighted by Crippen LogP contribution is -2.41. The SMILES string of the molecule is Cc1ccc(N)c(C)c1S(=O)(=O)NCCN1CCOCC1. The van der Waals surface area contributed by atoms with Crippen LogP contribution in [0.4, 0.5) is 5.69 Å². The Morgan fingerprint density at radius 1 is 1.29 bits per heavy atom. The molecule has 0 atom stereocenters. The standard InChI is InChI=1S/C14H23N3O3S/c1-11-3-4-13(15)12(2)14(11)21(18,19)16-5-6-17-7-9-20-10-8-17/h3-4,16H,5-10,15H2,1-2H3. The number of hydrogen-bond acceptors (Lipinski definition) is 5. The highest BCUT2D eigenvalue weighted by molar-refractivity contribution is 7.89. The summed E-state index contributed by atoms with van der Waals surface area (Å²) in [7, 11) is -3.53. The first-order valence-electron chi connectivity index (χ1n) is 7.07. The number of benzene rings is 1. The maximum absolute atomic E-state index is 12.5. The van der Waals surface area contributed by atoms with E-state index in [9.17, 15) is 8.42 Å². The number of nitrogens with one attached hydrogen (secondary N) is 1. The van der Waals surface area contributed by atoms with Gasteiger partial charge in [-0.2, -0.15) is 0 Å². The van der Waals surface area contributed by atoms with Crippen LogP contribution >= 0.6 is 0 Å². The molecule has 3 N–H and O–H groups in total. The van der Waals surface area contributed by atoms with E-state index in [1.54, 1.807) is 26.0 Å². The Morgan fingerprint density at radius 2 is 1.95 bits per heavy atom. The highest BCUT2D eigenvalue weighted by Gasteiger charge is 2.21. The van der Waals surface area contributed by atoms with Gasteiger partial charge in [0.15, 0.2) is 0 Å². The maximum atomic E-state index is 12.5. The molecule has 1 saturated heterocycles. The van der Waals surface area contributed by atoms with Crippen LogP contribution in [0.1, 0.15) is 11.1 Å². The zero-order valence-corrected chi connectivity index (χ0v) is 13.4. The van der Waals surface area contributed by atoms with Gasteiger partial charge in [-0.3, -0.25) is 4.90 Å². The van der Waals surface area contributed by atoms with Gasteiger partial charge in [-0.1, -0.05) is 6.07 Å². The molecular formula is C14H23N3O3S. The third-order valence-electron chi connectivity index (χ3n) is 3.74. The largest absolute Gasteiger partial charge is 0.398 e. The number of ether oxygens (including phenoxy) is 1. The summed E-state index contributed by atoms with van der Waals surface area (Å²) < 4.78 is 32.8. The van der Waals surface area contributed by atoms with Gasteiger partial charge in [0.1, 0.15) is 0 Å². The number of rotatable bonds is 5. The number of morpholine rings is 1. The Balaban J connectivity index is 2.03. The molecule has 2 rings (SSSR count). The molecule has 0 amide bonds. The number of aryl methyl sites for hydroxylation is 1. The fourth-order valence-electron chi connectivity index (χ4n) is 2.49. The average molecular weight is 313 g/mol. The molecule has 1 fully saturated rings. The molecule has 21 heavy (non-hydrogen) atoms. The molecule has 1 aromatic rings. The molecule has 1 aromatic carbocycles. The number of nitrogen functional groups attached to an aromatic ring is 1. The van der Waals surface area contributed by atoms with Gasteiger partial charge in [0.2, 0.25) is 10.0 Å². The normalized spacial score (nSPS) is 17.0. The van der Waals surface area contributed by atoms with Gasteiger partial charge in [0.25, 0.3) is 0 Å². The Bertz CT molecular complexity index is 596. The minimum atomic E-state index is -3.53. The molecule has 6 nitrogen and oxygen atoms in total. The van der Waals surface area contributed by atoms with Gasteiger partial charge < -0.3 is 10.5 Å². The van der Waals surface area contributed by atoms with Crippen LogP contribution in [0.3, 0.4) is 0 Å². The summed E-state index contributed by atoms with van der Waals surface area (Å²) in [5.41, 5.74) is 7.63. The topological polar surface area (TPSA) is 84.7 Å². The highest BCUT2D eigenvalue weighted by Crippen LogP contribution is 2.24. The summed E-state index contributed by atoms with van der Waals surface area (Å²) in [4.78, 5) is 2.48. The van der Waals surface area contributed by atoms with Crippen molar-refractivity contribution in [1.29, 1.82) is 0 Å². The monoisotopic (exact) mass is 313 g/mol. The van der Waals surface area contributed by atoms with Gasteiger partial charge >= 0.3 is 0 Å². The van der Waals surface area contributed by atoms with Crippen molar-refractivity contribution in [2.24, 2.45) is 0 Å². The van der Waals surface area contributed by atoms with Gasteiger partial charge in [-0.25, -0.2) is 13.1 Å². The first-order valence-corrected chi connectivity index (χ1v) is 8.55. The predicted octanol–water partition coefficient (Wildman–Crippen LogP) is 0.496. The zero-order valence-electron chi connectivity index (χ0n) is 12.6. The van der Waals surface area contributed by atoms with E-state index >= 15 is 0 Å². The summed E-state index contributed by atoms with van der Waals surface area (Å²) >= 11 is 0. The molecule has 0 radical (unpaired) electrons. The zero-order chi connectivity index (χ0) is 15.5. The van der Waals surface area contributed by atoms with Crippen molar-refractivity contribution in [3.8, 4) is 0 Å². The van der Waals surface area contributed by atoms with E-state index in [1.165, 1.54) is 0 Å². The second-order valence-electron chi connectivity index (χ2n) is 5.28. The maximum Gasteiger partial charge on any atom is 0.241 e. The van der Waals surface area contributed by atoms with E-state index in [-0.39, 0.29) is 0 Å². The number of nitrogens with zero attached hydrogens (tertiary/aromatic N) is 1. The smallest absolute Gasteiger partial charge is 0.241 e. The molecule has 1 aliphatic rings. The van der Waals surface area contributed by atoms with E-state index in [2.05, 4.69) is 9.62 Å². The van der Waals surface area contributed by atoms with E-state index in [4.69, 9.17) is 10.5 Å². The third-order valence-corrected chi connectivity index (χ3v) is 5.49. The number of hydrogen-bond donors (Lipinski definition) is 2. The fraction of sp³-hybridized carbons (Fsp3) is 0.571. The lowest BCUT2D eigenvalue weighted by Gasteiger charge is -2.26. The van der Waals surface area contributed by atoms with E-state index in [0.717, 1.165) is 13.1 Å². The van der Waals surface area contributed by atoms with Crippen LogP contribution < -0.4 is 10.5 Å². The van der Waals surface area contributed by atoms with E-state index in [1.807, 2.05) is 0 Å². The van der Waals surface area contributed by atoms with Crippen molar-refractivity contribution < 1.29 is 13.2 Å². The van der Waals surface area contributed by atoms with Crippen LogP contribution in [-0.4, -0.2) is 52.7 Å². The molecule has 1 heterocycles. The first kappa shape index (κ1) is 16.2. The van der Waals surface area contributed by atoms with Crippen molar-refractivity contribution in [2.45, 2.75) is 18.7 Å². The second-order valence-corrected chi connectivity index (χ2v) is 6.98. The lowest BCUT2D eigenvalue weighted by atomic mass is 10.1. The van der Waals surface area contributed by atoms with Crippen LogP contribution in [0.2, 0.25) is 0 Å². The summed E-state index contributed by atoms with van der Waals surface area (Å²) in [6.45, 7) is 7.69. The molecule has 118 valence electrons. The van der Waals surface area contributed by atoms with Crippen molar-refractivity contribution in [2.75, 3.05) is 45.1 Å². The molecule has 1 aliphatic heterocycles. The quantitative estimate of drug-likeness (QED) is 0.773. The van der Waals surface area contributed by atoms with E-state index in [0.29, 0.717) is 48.0 Å². The molecule has 0 saturated carbocycles. The molecule has 0 bridgehead atoms. The summed E-state index contributed by atoms with van der Waals surface area (Å²) in [5, 5.41) is 0. The molecule has 0 spiro atoms. The van der Waals surface area contributed by atoms with Gasteiger partial charge in [-0.05, 0) is 31.0 Å². The number of anilines is 1. The molecule has 0 unspecified atom stereocenters. The third kappa shape index (κ3) is 3.94. The van der Waals surface area contributed by atoms with Gasteiger partial charge in [-0.15, -0.1) is 0 Å². The van der Waals surface area contributed by atoms with Crippen molar-refractivity contribution in [3.05, 3.63) is 23.3 Å². The van der Waals surface area contributed by atoms with Crippen LogP contribution in [0, 0.1) is 13.8 Å². The summed E-state index contributed by atoms with van der Waals surface area (Å²) in [5.74, 6) is 0. The van der Waals surface area contributed by atoms with Crippen molar-refractivity contribution >= 4 is 15.7 Å². The van der Waals surface area contributed by atoms with E-state index < -0.39 is 10.0 Å². The molecule has 7 heteroatoms. The average Bonchev–Trinajstić information content (AvgIpc) is 2.44. The molecular weight excluding hydrogens is 290 g/mol. The Kier molecular flexibility index (Phi) is 5.21. The minimum absolute atomic E-state index is 0.296. The van der Waals surface area contributed by atoms with Crippen LogP contribution in [0.5, 0.6) is 0 Å². The van der Waals surface area contributed by atoms with Crippen LogP contribution in [0.25, 0.3) is 0 Å². The van der Waals surface area contributed by atoms with Crippen LogP contribution in [0.15, 0.2) is 17.0 Å². The van der Waals surface area contributed by atoms with Gasteiger partial charge in [0.05, 0.1) is 18.1 Å².